The van der Waals surface area contributed by atoms with E-state index in [-0.39, 0.29) is 18.0 Å². The minimum absolute atomic E-state index is 0.123. The summed E-state index contributed by atoms with van der Waals surface area (Å²) in [6, 6.07) is 16.5. The zero-order valence-corrected chi connectivity index (χ0v) is 14.8. The third-order valence-electron chi connectivity index (χ3n) is 4.38. The third kappa shape index (κ3) is 4.53. The molecule has 136 valence electrons. The molecule has 3 amide bonds. The van der Waals surface area contributed by atoms with Gasteiger partial charge < -0.3 is 20.3 Å². The second kappa shape index (κ2) is 8.38. The fraction of sp³-hybridized carbons (Fsp3) is 0.300. The van der Waals surface area contributed by atoms with Crippen LogP contribution >= 0.6 is 0 Å². The van der Waals surface area contributed by atoms with E-state index in [0.717, 1.165) is 18.6 Å². The van der Waals surface area contributed by atoms with Crippen LogP contribution in [0.2, 0.25) is 0 Å². The first-order valence-electron chi connectivity index (χ1n) is 8.75. The smallest absolute Gasteiger partial charge is 0.321 e. The number of ether oxygens (including phenoxy) is 1. The van der Waals surface area contributed by atoms with Crippen LogP contribution in [0.5, 0.6) is 5.75 Å². The molecule has 1 heterocycles. The van der Waals surface area contributed by atoms with Gasteiger partial charge in [0, 0.05) is 44.2 Å². The van der Waals surface area contributed by atoms with Crippen molar-refractivity contribution >= 4 is 17.6 Å². The van der Waals surface area contributed by atoms with Crippen LogP contribution in [0.1, 0.15) is 23.2 Å². The van der Waals surface area contributed by atoms with Gasteiger partial charge in [-0.15, -0.1) is 0 Å². The van der Waals surface area contributed by atoms with Crippen molar-refractivity contribution < 1.29 is 14.3 Å². The van der Waals surface area contributed by atoms with E-state index in [1.165, 1.54) is 0 Å². The molecule has 0 unspecified atom stereocenters. The highest BCUT2D eigenvalue weighted by atomic mass is 16.5. The molecule has 0 aliphatic carbocycles. The fourth-order valence-corrected chi connectivity index (χ4v) is 2.95. The zero-order valence-electron chi connectivity index (χ0n) is 14.8. The van der Waals surface area contributed by atoms with Crippen molar-refractivity contribution in [1.82, 2.24) is 10.2 Å². The van der Waals surface area contributed by atoms with E-state index in [9.17, 15) is 9.59 Å². The minimum atomic E-state index is -0.181. The van der Waals surface area contributed by atoms with Crippen LogP contribution in [0.15, 0.2) is 54.6 Å². The Bertz CT molecular complexity index is 756. The molecule has 0 saturated carbocycles. The lowest BCUT2D eigenvalue weighted by Gasteiger charge is -2.32. The molecular weight excluding hydrogens is 330 g/mol. The Morgan fingerprint density at radius 3 is 2.46 bits per heavy atom. The molecule has 1 aliphatic rings. The van der Waals surface area contributed by atoms with Gasteiger partial charge in [-0.25, -0.2) is 4.79 Å². The number of likely N-dealkylation sites (tertiary alicyclic amines) is 1. The van der Waals surface area contributed by atoms with Crippen molar-refractivity contribution in [2.24, 2.45) is 0 Å². The number of piperidine rings is 1. The molecule has 2 aromatic carbocycles. The highest BCUT2D eigenvalue weighted by Gasteiger charge is 2.24. The lowest BCUT2D eigenvalue weighted by Crippen LogP contribution is -2.43. The van der Waals surface area contributed by atoms with E-state index in [1.807, 2.05) is 30.3 Å². The Labute approximate surface area is 153 Å². The van der Waals surface area contributed by atoms with Gasteiger partial charge in [0.2, 0.25) is 0 Å². The number of hydrogen-bond donors (Lipinski definition) is 2. The van der Waals surface area contributed by atoms with Gasteiger partial charge in [0.25, 0.3) is 5.91 Å². The maximum absolute atomic E-state index is 12.5. The van der Waals surface area contributed by atoms with E-state index in [4.69, 9.17) is 4.74 Å². The quantitative estimate of drug-likeness (QED) is 0.887. The summed E-state index contributed by atoms with van der Waals surface area (Å²) in [7, 11) is 1.58. The van der Waals surface area contributed by atoms with Crippen molar-refractivity contribution in [2.45, 2.75) is 18.9 Å². The van der Waals surface area contributed by atoms with Crippen molar-refractivity contribution in [3.05, 3.63) is 60.2 Å². The van der Waals surface area contributed by atoms with Crippen LogP contribution in [0, 0.1) is 0 Å². The summed E-state index contributed by atoms with van der Waals surface area (Å²) in [5.41, 5.74) is 1.12. The maximum atomic E-state index is 12.5. The van der Waals surface area contributed by atoms with Gasteiger partial charge in [-0.1, -0.05) is 24.3 Å². The Morgan fingerprint density at radius 1 is 1.04 bits per heavy atom. The molecule has 0 bridgehead atoms. The molecule has 0 atom stereocenters. The van der Waals surface area contributed by atoms with Crippen LogP contribution < -0.4 is 15.4 Å². The van der Waals surface area contributed by atoms with Crippen molar-refractivity contribution in [3.8, 4) is 5.75 Å². The summed E-state index contributed by atoms with van der Waals surface area (Å²) in [6.07, 6.45) is 1.71. The molecule has 0 spiro atoms. The van der Waals surface area contributed by atoms with Crippen molar-refractivity contribution in [1.29, 1.82) is 0 Å². The highest BCUT2D eigenvalue weighted by molar-refractivity contribution is 5.96. The second-order valence-corrected chi connectivity index (χ2v) is 6.21. The van der Waals surface area contributed by atoms with Crippen molar-refractivity contribution in [2.75, 3.05) is 25.5 Å². The molecule has 1 saturated heterocycles. The lowest BCUT2D eigenvalue weighted by atomic mass is 10.1. The Kier molecular flexibility index (Phi) is 5.73. The molecule has 2 aromatic rings. The fourth-order valence-electron chi connectivity index (χ4n) is 2.95. The normalized spacial score (nSPS) is 14.6. The molecule has 1 aliphatic heterocycles. The molecule has 6 heteroatoms. The minimum Gasteiger partial charge on any atom is -0.490 e. The summed E-state index contributed by atoms with van der Waals surface area (Å²) >= 11 is 0. The molecule has 1 fully saturated rings. The van der Waals surface area contributed by atoms with E-state index in [1.54, 1.807) is 36.2 Å². The number of para-hydroxylation sites is 1. The van der Waals surface area contributed by atoms with E-state index in [0.29, 0.717) is 24.3 Å². The van der Waals surface area contributed by atoms with Crippen LogP contribution in [0.3, 0.4) is 0 Å². The summed E-state index contributed by atoms with van der Waals surface area (Å²) in [6.45, 7) is 1.27. The molecule has 0 aromatic heterocycles. The number of nitrogens with one attached hydrogen (secondary N) is 2. The molecule has 26 heavy (non-hydrogen) atoms. The van der Waals surface area contributed by atoms with Gasteiger partial charge in [0.05, 0.1) is 0 Å². The Morgan fingerprint density at radius 2 is 1.77 bits per heavy atom. The third-order valence-corrected chi connectivity index (χ3v) is 4.38. The Hall–Kier alpha value is -3.02. The van der Waals surface area contributed by atoms with Gasteiger partial charge in [0.1, 0.15) is 11.9 Å². The van der Waals surface area contributed by atoms with E-state index >= 15 is 0 Å². The highest BCUT2D eigenvalue weighted by Crippen LogP contribution is 2.19. The topological polar surface area (TPSA) is 70.7 Å². The lowest BCUT2D eigenvalue weighted by molar-refractivity contribution is 0.0963. The summed E-state index contributed by atoms with van der Waals surface area (Å²) in [5, 5.41) is 5.44. The zero-order chi connectivity index (χ0) is 18.4. The van der Waals surface area contributed by atoms with Gasteiger partial charge in [-0.05, 0) is 30.3 Å². The average molecular weight is 353 g/mol. The number of carbonyl (C=O) groups excluding carboxylic acids is 2. The first-order valence-corrected chi connectivity index (χ1v) is 8.75. The van der Waals surface area contributed by atoms with E-state index < -0.39 is 0 Å². The predicted octanol–water partition coefficient (Wildman–Crippen LogP) is 3.12. The number of urea groups is 1. The number of benzene rings is 2. The number of rotatable bonds is 4. The summed E-state index contributed by atoms with van der Waals surface area (Å²) in [5.74, 6) is 0.682. The number of hydrogen-bond acceptors (Lipinski definition) is 3. The monoisotopic (exact) mass is 353 g/mol. The van der Waals surface area contributed by atoms with Crippen molar-refractivity contribution in [3.63, 3.8) is 0 Å². The molecule has 0 radical (unpaired) electrons. The second-order valence-electron chi connectivity index (χ2n) is 6.21. The Balaban J connectivity index is 1.51. The van der Waals surface area contributed by atoms with Gasteiger partial charge in [-0.3, -0.25) is 4.79 Å². The molecule has 6 nitrogen and oxygen atoms in total. The number of carbonyl (C=O) groups is 2. The summed E-state index contributed by atoms with van der Waals surface area (Å²) in [4.78, 5) is 25.9. The average Bonchev–Trinajstić information content (AvgIpc) is 2.69. The first-order chi connectivity index (χ1) is 12.7. The predicted molar refractivity (Wildman–Crippen MR) is 101 cm³/mol. The van der Waals surface area contributed by atoms with Crippen LogP contribution in [-0.2, 0) is 0 Å². The number of anilines is 1. The SMILES string of the molecule is CNC(=O)c1cccc(NC(=O)N2CCC(Oc3ccccc3)CC2)c1. The van der Waals surface area contributed by atoms with Gasteiger partial charge >= 0.3 is 6.03 Å². The number of amides is 3. The molecule has 2 N–H and O–H groups in total. The van der Waals surface area contributed by atoms with Gasteiger partial charge in [-0.2, -0.15) is 0 Å². The van der Waals surface area contributed by atoms with Crippen LogP contribution in [0.25, 0.3) is 0 Å². The van der Waals surface area contributed by atoms with Crippen LogP contribution in [-0.4, -0.2) is 43.1 Å². The molecular formula is C20H23N3O3. The van der Waals surface area contributed by atoms with Gasteiger partial charge in [0.15, 0.2) is 0 Å². The van der Waals surface area contributed by atoms with Crippen LogP contribution in [0.4, 0.5) is 10.5 Å². The maximum Gasteiger partial charge on any atom is 0.321 e. The summed E-state index contributed by atoms with van der Waals surface area (Å²) < 4.78 is 5.95. The number of nitrogens with zero attached hydrogens (tertiary/aromatic N) is 1. The standard InChI is InChI=1S/C20H23N3O3/c1-21-19(24)15-6-5-7-16(14-15)22-20(25)23-12-10-18(11-13-23)26-17-8-3-2-4-9-17/h2-9,14,18H,10-13H2,1H3,(H,21,24)(H,22,25). The molecule has 3 rings (SSSR count). The van der Waals surface area contributed by atoms with E-state index in [2.05, 4.69) is 10.6 Å². The largest absolute Gasteiger partial charge is 0.490 e. The first kappa shape index (κ1) is 17.8.